The number of hydrogen-bond acceptors (Lipinski definition) is 5. The van der Waals surface area contributed by atoms with Gasteiger partial charge >= 0.3 is 0 Å². The molecule has 0 saturated heterocycles. The van der Waals surface area contributed by atoms with Gasteiger partial charge in [0.15, 0.2) is 10.8 Å². The minimum atomic E-state index is 0.483. The zero-order valence-electron chi connectivity index (χ0n) is 17.0. The van der Waals surface area contributed by atoms with Gasteiger partial charge in [0.1, 0.15) is 12.0 Å². The highest BCUT2D eigenvalue weighted by atomic mass is 32.1. The van der Waals surface area contributed by atoms with Gasteiger partial charge in [0.2, 0.25) is 0 Å². The van der Waals surface area contributed by atoms with Crippen LogP contribution in [0.1, 0.15) is 11.3 Å². The van der Waals surface area contributed by atoms with E-state index >= 15 is 0 Å². The van der Waals surface area contributed by atoms with Gasteiger partial charge in [-0.25, -0.2) is 14.2 Å². The van der Waals surface area contributed by atoms with E-state index in [2.05, 4.69) is 20.4 Å². The number of aromatic nitrogens is 6. The summed E-state index contributed by atoms with van der Waals surface area (Å²) in [5.74, 6) is 0. The van der Waals surface area contributed by atoms with Crippen molar-refractivity contribution in [2.24, 2.45) is 0 Å². The minimum absolute atomic E-state index is 0.483. The van der Waals surface area contributed by atoms with Crippen molar-refractivity contribution in [3.63, 3.8) is 0 Å². The van der Waals surface area contributed by atoms with Crippen LogP contribution in [-0.4, -0.2) is 34.5 Å². The summed E-state index contributed by atoms with van der Waals surface area (Å²) < 4.78 is 3.42. The highest BCUT2D eigenvalue weighted by molar-refractivity contribution is 7.80. The lowest BCUT2D eigenvalue weighted by atomic mass is 10.1. The van der Waals surface area contributed by atoms with Gasteiger partial charge in [-0.3, -0.25) is 4.98 Å². The fourth-order valence-corrected chi connectivity index (χ4v) is 3.62. The van der Waals surface area contributed by atoms with Crippen LogP contribution in [0.5, 0.6) is 0 Å². The fraction of sp³-hybridized carbons (Fsp3) is 0.0870. The molecule has 0 spiro atoms. The third-order valence-corrected chi connectivity index (χ3v) is 5.31. The van der Waals surface area contributed by atoms with Crippen molar-refractivity contribution in [2.75, 3.05) is 5.32 Å². The molecule has 0 aliphatic carbocycles. The van der Waals surface area contributed by atoms with E-state index in [0.717, 1.165) is 45.1 Å². The molecule has 1 N–H and O–H groups in total. The van der Waals surface area contributed by atoms with Crippen LogP contribution in [0, 0.1) is 13.8 Å². The van der Waals surface area contributed by atoms with Gasteiger partial charge < -0.3 is 5.32 Å². The van der Waals surface area contributed by atoms with Gasteiger partial charge in [-0.05, 0) is 62.0 Å². The van der Waals surface area contributed by atoms with Crippen LogP contribution < -0.4 is 5.32 Å². The van der Waals surface area contributed by atoms with E-state index in [1.54, 1.807) is 9.20 Å². The Kier molecular flexibility index (Phi) is 4.76. The number of anilines is 1. The lowest BCUT2D eigenvalue weighted by Crippen LogP contribution is -2.20. The van der Waals surface area contributed by atoms with Crippen molar-refractivity contribution < 1.29 is 0 Å². The Morgan fingerprint density at radius 3 is 2.68 bits per heavy atom. The molecule has 0 saturated carbocycles. The summed E-state index contributed by atoms with van der Waals surface area (Å²) in [7, 11) is 0. The zero-order chi connectivity index (χ0) is 21.4. The Labute approximate surface area is 184 Å². The Morgan fingerprint density at radius 1 is 0.968 bits per heavy atom. The summed E-state index contributed by atoms with van der Waals surface area (Å²) in [4.78, 5) is 8.90. The molecule has 5 rings (SSSR count). The number of fused-ring (bicyclic) bond motifs is 1. The molecule has 1 aromatic carbocycles. The first-order chi connectivity index (χ1) is 15.1. The Morgan fingerprint density at radius 2 is 1.84 bits per heavy atom. The average molecular weight is 426 g/mol. The number of para-hydroxylation sites is 1. The Balaban J connectivity index is 1.61. The van der Waals surface area contributed by atoms with Crippen molar-refractivity contribution >= 4 is 28.7 Å². The minimum Gasteiger partial charge on any atom is -0.331 e. The number of nitrogens with one attached hydrogen (secondary N) is 1. The van der Waals surface area contributed by atoms with Gasteiger partial charge in [0.25, 0.3) is 0 Å². The number of aryl methyl sites for hydroxylation is 2. The number of pyridine rings is 2. The molecule has 0 atom stereocenters. The predicted octanol–water partition coefficient (Wildman–Crippen LogP) is 4.52. The highest BCUT2D eigenvalue weighted by Crippen LogP contribution is 2.30. The number of rotatable bonds is 3. The van der Waals surface area contributed by atoms with Crippen LogP contribution in [0.4, 0.5) is 5.69 Å². The van der Waals surface area contributed by atoms with E-state index in [1.807, 2.05) is 80.8 Å². The second-order valence-electron chi connectivity index (χ2n) is 7.23. The SMILES string of the molecule is Cc1cccc(-c2nn(C(=S)Nc3ccccc3C)cc2-c2ccc3ncnn3c2)n1. The zero-order valence-corrected chi connectivity index (χ0v) is 17.8. The molecule has 4 aromatic heterocycles. The number of nitrogens with zero attached hydrogens (tertiary/aromatic N) is 6. The normalized spacial score (nSPS) is 11.0. The van der Waals surface area contributed by atoms with Crippen molar-refractivity contribution in [2.45, 2.75) is 13.8 Å². The molecule has 7 nitrogen and oxygen atoms in total. The second-order valence-corrected chi connectivity index (χ2v) is 7.61. The summed E-state index contributed by atoms with van der Waals surface area (Å²) in [6.45, 7) is 4.00. The predicted molar refractivity (Wildman–Crippen MR) is 125 cm³/mol. The standard InChI is InChI=1S/C23H19N7S/c1-15-6-3-4-8-19(15)27-23(31)30-13-18(17-10-11-21-24-14-25-29(21)12-17)22(28-30)20-9-5-7-16(2)26-20/h3-14H,1-2H3,(H,27,31). The fourth-order valence-electron chi connectivity index (χ4n) is 3.42. The molecule has 0 radical (unpaired) electrons. The molecule has 0 aliphatic rings. The van der Waals surface area contributed by atoms with Gasteiger partial charge in [-0.2, -0.15) is 10.2 Å². The molecule has 0 amide bonds. The number of hydrogen-bond donors (Lipinski definition) is 1. The third-order valence-electron chi connectivity index (χ3n) is 5.03. The molecule has 31 heavy (non-hydrogen) atoms. The van der Waals surface area contributed by atoms with Crippen LogP contribution >= 0.6 is 12.2 Å². The molecule has 5 aromatic rings. The molecular formula is C23H19N7S. The van der Waals surface area contributed by atoms with Crippen LogP contribution in [-0.2, 0) is 0 Å². The van der Waals surface area contributed by atoms with E-state index in [9.17, 15) is 0 Å². The molecule has 8 heteroatoms. The third kappa shape index (κ3) is 3.69. The van der Waals surface area contributed by atoms with Gasteiger partial charge in [0.05, 0.1) is 5.69 Å². The first kappa shape index (κ1) is 19.1. The summed E-state index contributed by atoms with van der Waals surface area (Å²) in [6.07, 6.45) is 5.39. The molecule has 0 aliphatic heterocycles. The molecule has 4 heterocycles. The maximum atomic E-state index is 5.67. The van der Waals surface area contributed by atoms with Gasteiger partial charge in [0, 0.05) is 34.9 Å². The lowest BCUT2D eigenvalue weighted by Gasteiger charge is -2.10. The van der Waals surface area contributed by atoms with E-state index in [0.29, 0.717) is 5.11 Å². The first-order valence-electron chi connectivity index (χ1n) is 9.79. The summed E-state index contributed by atoms with van der Waals surface area (Å²) in [6, 6.07) is 17.8. The van der Waals surface area contributed by atoms with Gasteiger partial charge in [-0.15, -0.1) is 0 Å². The average Bonchev–Trinajstić information content (AvgIpc) is 3.42. The van der Waals surface area contributed by atoms with Crippen molar-refractivity contribution in [1.82, 2.24) is 29.4 Å². The maximum absolute atomic E-state index is 5.67. The van der Waals surface area contributed by atoms with Crippen molar-refractivity contribution in [3.05, 3.63) is 84.6 Å². The van der Waals surface area contributed by atoms with Crippen LogP contribution in [0.2, 0.25) is 0 Å². The summed E-state index contributed by atoms with van der Waals surface area (Å²) >= 11 is 5.67. The molecule has 0 unspecified atom stereocenters. The topological polar surface area (TPSA) is 72.9 Å². The Bertz CT molecular complexity index is 1420. The monoisotopic (exact) mass is 425 g/mol. The van der Waals surface area contributed by atoms with Crippen LogP contribution in [0.25, 0.3) is 28.2 Å². The molecule has 152 valence electrons. The first-order valence-corrected chi connectivity index (χ1v) is 10.2. The number of thiocarbonyl (C=S) groups is 1. The molecule has 0 fully saturated rings. The smallest absolute Gasteiger partial charge is 0.198 e. The molecular weight excluding hydrogens is 406 g/mol. The van der Waals surface area contributed by atoms with E-state index in [4.69, 9.17) is 17.3 Å². The van der Waals surface area contributed by atoms with Crippen molar-refractivity contribution in [1.29, 1.82) is 0 Å². The van der Waals surface area contributed by atoms with E-state index in [1.165, 1.54) is 6.33 Å². The highest BCUT2D eigenvalue weighted by Gasteiger charge is 2.17. The second kappa shape index (κ2) is 7.73. The largest absolute Gasteiger partial charge is 0.331 e. The quantitative estimate of drug-likeness (QED) is 0.429. The number of benzene rings is 1. The maximum Gasteiger partial charge on any atom is 0.198 e. The van der Waals surface area contributed by atoms with E-state index < -0.39 is 0 Å². The van der Waals surface area contributed by atoms with E-state index in [-0.39, 0.29) is 0 Å². The Hall–Kier alpha value is -3.91. The summed E-state index contributed by atoms with van der Waals surface area (Å²) in [5.41, 5.74) is 7.14. The van der Waals surface area contributed by atoms with Crippen molar-refractivity contribution in [3.8, 4) is 22.5 Å². The molecule has 0 bridgehead atoms. The van der Waals surface area contributed by atoms with Crippen LogP contribution in [0.3, 0.4) is 0 Å². The van der Waals surface area contributed by atoms with Gasteiger partial charge in [-0.1, -0.05) is 24.3 Å². The summed E-state index contributed by atoms with van der Waals surface area (Å²) in [5, 5.41) is 12.8. The van der Waals surface area contributed by atoms with Crippen LogP contribution in [0.15, 0.2) is 73.3 Å². The lowest BCUT2D eigenvalue weighted by molar-refractivity contribution is 0.947.